The maximum Gasteiger partial charge on any atom is 0.128 e. The van der Waals surface area contributed by atoms with Crippen molar-refractivity contribution in [3.63, 3.8) is 0 Å². The normalized spacial score (nSPS) is 23.6. The monoisotopic (exact) mass is 240 g/mol. The fraction of sp³-hybridized carbons (Fsp3) is 0.538. The van der Waals surface area contributed by atoms with Crippen LogP contribution < -0.4 is 5.32 Å². The van der Waals surface area contributed by atoms with Crippen molar-refractivity contribution in [2.45, 2.75) is 25.9 Å². The molecular weight excluding hydrogens is 222 g/mol. The molecule has 1 aromatic carbocycles. The molecule has 1 aliphatic heterocycles. The lowest BCUT2D eigenvalue weighted by Gasteiger charge is -2.36. The molecule has 1 saturated heterocycles. The molecular formula is C13H18F2N2. The van der Waals surface area contributed by atoms with Gasteiger partial charge in [0.05, 0.1) is 0 Å². The van der Waals surface area contributed by atoms with Gasteiger partial charge in [-0.15, -0.1) is 0 Å². The summed E-state index contributed by atoms with van der Waals surface area (Å²) in [7, 11) is 0. The van der Waals surface area contributed by atoms with Crippen LogP contribution in [0, 0.1) is 11.6 Å². The van der Waals surface area contributed by atoms with Crippen molar-refractivity contribution < 1.29 is 8.78 Å². The molecule has 1 aromatic rings. The van der Waals surface area contributed by atoms with Gasteiger partial charge in [0.1, 0.15) is 11.6 Å². The fourth-order valence-electron chi connectivity index (χ4n) is 2.35. The first-order valence-corrected chi connectivity index (χ1v) is 6.00. The Kier molecular flexibility index (Phi) is 3.74. The van der Waals surface area contributed by atoms with Crippen molar-refractivity contribution in [2.75, 3.05) is 19.6 Å². The summed E-state index contributed by atoms with van der Waals surface area (Å²) >= 11 is 0. The molecule has 2 rings (SSSR count). The van der Waals surface area contributed by atoms with E-state index in [9.17, 15) is 8.78 Å². The van der Waals surface area contributed by atoms with Gasteiger partial charge in [0.25, 0.3) is 0 Å². The first-order chi connectivity index (χ1) is 8.08. The summed E-state index contributed by atoms with van der Waals surface area (Å²) < 4.78 is 26.8. The molecule has 0 amide bonds. The van der Waals surface area contributed by atoms with Crippen LogP contribution in [-0.2, 0) is 0 Å². The highest BCUT2D eigenvalue weighted by atomic mass is 19.1. The average Bonchev–Trinajstić information content (AvgIpc) is 2.31. The number of nitrogens with one attached hydrogen (secondary N) is 1. The second-order valence-electron chi connectivity index (χ2n) is 4.69. The minimum absolute atomic E-state index is 0.0877. The van der Waals surface area contributed by atoms with Crippen LogP contribution in [0.25, 0.3) is 0 Å². The van der Waals surface area contributed by atoms with Gasteiger partial charge < -0.3 is 5.32 Å². The fourth-order valence-corrected chi connectivity index (χ4v) is 2.35. The van der Waals surface area contributed by atoms with Crippen molar-refractivity contribution in [1.82, 2.24) is 10.2 Å². The first kappa shape index (κ1) is 12.5. The molecule has 0 spiro atoms. The lowest BCUT2D eigenvalue weighted by molar-refractivity contribution is 0.156. The Morgan fingerprint density at radius 1 is 1.41 bits per heavy atom. The lowest BCUT2D eigenvalue weighted by Crippen LogP contribution is -2.49. The van der Waals surface area contributed by atoms with E-state index in [-0.39, 0.29) is 17.7 Å². The van der Waals surface area contributed by atoms with E-state index in [0.29, 0.717) is 11.6 Å². The average molecular weight is 240 g/mol. The van der Waals surface area contributed by atoms with Gasteiger partial charge >= 0.3 is 0 Å². The molecule has 1 N–H and O–H groups in total. The van der Waals surface area contributed by atoms with E-state index in [1.807, 2.05) is 6.92 Å². The summed E-state index contributed by atoms with van der Waals surface area (Å²) in [5.41, 5.74) is 0.444. The molecule has 0 radical (unpaired) electrons. The Morgan fingerprint density at radius 2 is 2.18 bits per heavy atom. The van der Waals surface area contributed by atoms with Crippen LogP contribution in [-0.4, -0.2) is 30.6 Å². The zero-order valence-corrected chi connectivity index (χ0v) is 10.2. The van der Waals surface area contributed by atoms with Gasteiger partial charge in [-0.3, -0.25) is 4.90 Å². The topological polar surface area (TPSA) is 15.3 Å². The van der Waals surface area contributed by atoms with E-state index in [1.165, 1.54) is 12.1 Å². The van der Waals surface area contributed by atoms with E-state index in [4.69, 9.17) is 0 Å². The van der Waals surface area contributed by atoms with E-state index < -0.39 is 0 Å². The second-order valence-corrected chi connectivity index (χ2v) is 4.69. The first-order valence-electron chi connectivity index (χ1n) is 6.00. The standard InChI is InChI=1S/C13H18F2N2/c1-9-8-17(6-5-16-9)10(2)12-7-11(14)3-4-13(12)15/h3-4,7,9-10,16H,5-6,8H2,1-2H3. The predicted octanol–water partition coefficient (Wildman–Crippen LogP) is 2.32. The summed E-state index contributed by atoms with van der Waals surface area (Å²) in [4.78, 5) is 2.18. The number of piperazine rings is 1. The van der Waals surface area contributed by atoms with Crippen LogP contribution in [0.15, 0.2) is 18.2 Å². The second kappa shape index (κ2) is 5.10. The minimum Gasteiger partial charge on any atom is -0.312 e. The smallest absolute Gasteiger partial charge is 0.128 e. The molecule has 94 valence electrons. The SMILES string of the molecule is CC1CN(C(C)c2cc(F)ccc2F)CCN1. The molecule has 0 aromatic heterocycles. The summed E-state index contributed by atoms with van der Waals surface area (Å²) in [5, 5.41) is 3.33. The quantitative estimate of drug-likeness (QED) is 0.853. The van der Waals surface area contributed by atoms with Crippen LogP contribution in [0.5, 0.6) is 0 Å². The lowest BCUT2D eigenvalue weighted by atomic mass is 10.0. The zero-order chi connectivity index (χ0) is 12.4. The van der Waals surface area contributed by atoms with Gasteiger partial charge in [-0.1, -0.05) is 0 Å². The molecule has 0 aliphatic carbocycles. The van der Waals surface area contributed by atoms with Crippen molar-refractivity contribution >= 4 is 0 Å². The van der Waals surface area contributed by atoms with Gasteiger partial charge in [-0.05, 0) is 32.0 Å². The molecule has 2 nitrogen and oxygen atoms in total. The van der Waals surface area contributed by atoms with Gasteiger partial charge in [-0.2, -0.15) is 0 Å². The van der Waals surface area contributed by atoms with Gasteiger partial charge in [-0.25, -0.2) is 8.78 Å². The van der Waals surface area contributed by atoms with Crippen molar-refractivity contribution in [2.24, 2.45) is 0 Å². The van der Waals surface area contributed by atoms with Crippen LogP contribution in [0.2, 0.25) is 0 Å². The molecule has 0 saturated carbocycles. The number of nitrogens with zero attached hydrogens (tertiary/aromatic N) is 1. The molecule has 2 unspecified atom stereocenters. The van der Waals surface area contributed by atoms with E-state index in [0.717, 1.165) is 25.7 Å². The number of benzene rings is 1. The summed E-state index contributed by atoms with van der Waals surface area (Å²) in [5.74, 6) is -0.707. The molecule has 2 atom stereocenters. The van der Waals surface area contributed by atoms with Crippen LogP contribution in [0.3, 0.4) is 0 Å². The number of rotatable bonds is 2. The van der Waals surface area contributed by atoms with Crippen LogP contribution in [0.1, 0.15) is 25.5 Å². The van der Waals surface area contributed by atoms with Crippen LogP contribution >= 0.6 is 0 Å². The van der Waals surface area contributed by atoms with Gasteiger partial charge in [0.15, 0.2) is 0 Å². The van der Waals surface area contributed by atoms with Crippen molar-refractivity contribution in [3.8, 4) is 0 Å². The largest absolute Gasteiger partial charge is 0.312 e. The van der Waals surface area contributed by atoms with Gasteiger partial charge in [0, 0.05) is 37.3 Å². The summed E-state index contributed by atoms with van der Waals surface area (Å²) in [6.45, 7) is 6.64. The van der Waals surface area contributed by atoms with Crippen molar-refractivity contribution in [1.29, 1.82) is 0 Å². The maximum atomic E-state index is 13.7. The molecule has 1 heterocycles. The third kappa shape index (κ3) is 2.82. The molecule has 1 fully saturated rings. The maximum absolute atomic E-state index is 13.7. The Bertz CT molecular complexity index is 395. The molecule has 4 heteroatoms. The Hall–Kier alpha value is -1.00. The third-order valence-electron chi connectivity index (χ3n) is 3.36. The number of hydrogen-bond acceptors (Lipinski definition) is 2. The number of hydrogen-bond donors (Lipinski definition) is 1. The summed E-state index contributed by atoms with van der Waals surface area (Å²) in [6.07, 6.45) is 0. The van der Waals surface area contributed by atoms with E-state index >= 15 is 0 Å². The highest BCUT2D eigenvalue weighted by Gasteiger charge is 2.23. The van der Waals surface area contributed by atoms with Crippen molar-refractivity contribution in [3.05, 3.63) is 35.4 Å². The predicted molar refractivity (Wildman–Crippen MR) is 63.8 cm³/mol. The van der Waals surface area contributed by atoms with E-state index in [2.05, 4.69) is 17.1 Å². The molecule has 1 aliphatic rings. The van der Waals surface area contributed by atoms with Crippen LogP contribution in [0.4, 0.5) is 8.78 Å². The highest BCUT2D eigenvalue weighted by Crippen LogP contribution is 2.24. The van der Waals surface area contributed by atoms with E-state index in [1.54, 1.807) is 0 Å². The minimum atomic E-state index is -0.378. The molecule has 0 bridgehead atoms. The summed E-state index contributed by atoms with van der Waals surface area (Å²) in [6, 6.07) is 3.96. The number of halogens is 2. The molecule has 17 heavy (non-hydrogen) atoms. The Labute approximate surface area is 101 Å². The Morgan fingerprint density at radius 3 is 2.88 bits per heavy atom. The Balaban J connectivity index is 2.18. The highest BCUT2D eigenvalue weighted by molar-refractivity contribution is 5.22. The third-order valence-corrected chi connectivity index (χ3v) is 3.36. The zero-order valence-electron chi connectivity index (χ0n) is 10.2. The van der Waals surface area contributed by atoms with Gasteiger partial charge in [0.2, 0.25) is 0 Å².